The Morgan fingerprint density at radius 2 is 1.80 bits per heavy atom. The molecule has 3 N–H and O–H groups in total. The zero-order chi connectivity index (χ0) is 22.5. The Hall–Kier alpha value is -1.66. The highest BCUT2D eigenvalue weighted by atomic mass is 28.4. The number of rotatable bonds is 9. The number of hydrogen-bond donors (Lipinski definition) is 3. The van der Waals surface area contributed by atoms with Gasteiger partial charge in [0.15, 0.2) is 8.32 Å². The fourth-order valence-corrected chi connectivity index (χ4v) is 4.55. The Labute approximate surface area is 183 Å². The molecule has 5 heteroatoms. The number of aromatic hydroxyl groups is 1. The van der Waals surface area contributed by atoms with Crippen molar-refractivity contribution in [3.05, 3.63) is 64.7 Å². The van der Waals surface area contributed by atoms with Crippen LogP contribution in [0.25, 0.3) is 0 Å². The summed E-state index contributed by atoms with van der Waals surface area (Å²) in [4.78, 5) is 0. The molecule has 0 unspecified atom stereocenters. The van der Waals surface area contributed by atoms with E-state index in [0.29, 0.717) is 18.2 Å². The molecule has 2 atom stereocenters. The summed E-state index contributed by atoms with van der Waals surface area (Å²) >= 11 is 0. The van der Waals surface area contributed by atoms with Crippen LogP contribution < -0.4 is 5.32 Å². The van der Waals surface area contributed by atoms with Gasteiger partial charge in [0.1, 0.15) is 5.75 Å². The molecule has 0 heterocycles. The summed E-state index contributed by atoms with van der Waals surface area (Å²) < 4.78 is 6.76. The summed E-state index contributed by atoms with van der Waals surface area (Å²) in [6.45, 7) is 16.0. The first-order valence-electron chi connectivity index (χ1n) is 10.8. The van der Waals surface area contributed by atoms with Crippen LogP contribution in [-0.4, -0.2) is 31.1 Å². The number of nitrogens with one attached hydrogen (secondary N) is 1. The molecule has 0 saturated heterocycles. The summed E-state index contributed by atoms with van der Waals surface area (Å²) in [5.41, 5.74) is 4.12. The second kappa shape index (κ2) is 10.1. The second-order valence-corrected chi connectivity index (χ2v) is 14.7. The zero-order valence-electron chi connectivity index (χ0n) is 19.6. The van der Waals surface area contributed by atoms with E-state index in [1.165, 1.54) is 11.1 Å². The normalized spacial score (nSPS) is 14.5. The van der Waals surface area contributed by atoms with E-state index in [-0.39, 0.29) is 23.5 Å². The Bertz CT molecular complexity index is 829. The molecule has 0 aliphatic carbocycles. The third-order valence-corrected chi connectivity index (χ3v) is 10.7. The lowest BCUT2D eigenvalue weighted by atomic mass is 10.0. The van der Waals surface area contributed by atoms with Crippen molar-refractivity contribution < 1.29 is 14.6 Å². The van der Waals surface area contributed by atoms with Gasteiger partial charge in [-0.15, -0.1) is 0 Å². The lowest BCUT2D eigenvalue weighted by Crippen LogP contribution is -2.44. The van der Waals surface area contributed by atoms with Gasteiger partial charge in [0, 0.05) is 18.2 Å². The average molecular weight is 430 g/mol. The number of aryl methyl sites for hydroxylation is 1. The highest BCUT2D eigenvalue weighted by Crippen LogP contribution is 2.40. The molecule has 2 aromatic carbocycles. The van der Waals surface area contributed by atoms with Gasteiger partial charge in [-0.2, -0.15) is 0 Å². The fraction of sp³-hybridized carbons (Fsp3) is 0.520. The van der Waals surface area contributed by atoms with Crippen molar-refractivity contribution in [3.63, 3.8) is 0 Å². The van der Waals surface area contributed by atoms with Crippen molar-refractivity contribution in [2.75, 3.05) is 6.54 Å². The Balaban J connectivity index is 2.18. The minimum Gasteiger partial charge on any atom is -0.508 e. The minimum absolute atomic E-state index is 0.0924. The molecule has 30 heavy (non-hydrogen) atoms. The predicted octanol–water partition coefficient (Wildman–Crippen LogP) is 5.48. The molecule has 0 spiro atoms. The van der Waals surface area contributed by atoms with Crippen LogP contribution in [0.5, 0.6) is 5.75 Å². The Kier molecular flexibility index (Phi) is 8.28. The third kappa shape index (κ3) is 6.67. The number of aliphatic hydroxyl groups excluding tert-OH is 1. The smallest absolute Gasteiger partial charge is 0.192 e. The van der Waals surface area contributed by atoms with Crippen molar-refractivity contribution in [2.24, 2.45) is 0 Å². The maximum absolute atomic E-state index is 9.98. The first kappa shape index (κ1) is 24.6. The van der Waals surface area contributed by atoms with Gasteiger partial charge in [0.2, 0.25) is 0 Å². The molecule has 2 rings (SSSR count). The summed E-state index contributed by atoms with van der Waals surface area (Å²) in [5, 5.41) is 23.3. The standard InChI is InChI=1S/C25H39NO3Si/c1-18-9-8-10-20(13-18)14-19(2)26-16-24(29-30(6,7)25(3,4)5)21-11-12-23(28)22(15-21)17-27/h8-13,15,19,24,26-28H,14,16-17H2,1-7H3/t19-,24+/m1/s1. The van der Waals surface area contributed by atoms with Crippen molar-refractivity contribution in [2.45, 2.75) is 77.9 Å². The first-order chi connectivity index (χ1) is 13.9. The molecule has 0 fully saturated rings. The first-order valence-corrected chi connectivity index (χ1v) is 13.7. The van der Waals surface area contributed by atoms with E-state index in [9.17, 15) is 10.2 Å². The Morgan fingerprint density at radius 3 is 2.40 bits per heavy atom. The third-order valence-electron chi connectivity index (χ3n) is 6.16. The maximum atomic E-state index is 9.98. The average Bonchev–Trinajstić information content (AvgIpc) is 2.64. The van der Waals surface area contributed by atoms with E-state index in [2.05, 4.69) is 77.3 Å². The molecule has 0 aliphatic heterocycles. The number of phenols is 1. The van der Waals surface area contributed by atoms with E-state index in [1.54, 1.807) is 6.07 Å². The van der Waals surface area contributed by atoms with Crippen LogP contribution in [0.3, 0.4) is 0 Å². The molecule has 4 nitrogen and oxygen atoms in total. The van der Waals surface area contributed by atoms with Gasteiger partial charge in [-0.05, 0) is 61.7 Å². The van der Waals surface area contributed by atoms with Crippen LogP contribution in [0.15, 0.2) is 42.5 Å². The van der Waals surface area contributed by atoms with Crippen LogP contribution in [0.4, 0.5) is 0 Å². The fourth-order valence-electron chi connectivity index (χ4n) is 3.27. The monoisotopic (exact) mass is 429 g/mol. The lowest BCUT2D eigenvalue weighted by molar-refractivity contribution is 0.176. The molecule has 2 aromatic rings. The van der Waals surface area contributed by atoms with Crippen molar-refractivity contribution in [3.8, 4) is 5.75 Å². The molecule has 0 aromatic heterocycles. The van der Waals surface area contributed by atoms with Crippen molar-refractivity contribution >= 4 is 8.32 Å². The SMILES string of the molecule is Cc1cccc(C[C@@H](C)NC[C@H](O[Si](C)(C)C(C)(C)C)c2ccc(O)c(CO)c2)c1. The summed E-state index contributed by atoms with van der Waals surface area (Å²) in [6.07, 6.45) is 0.808. The predicted molar refractivity (Wildman–Crippen MR) is 127 cm³/mol. The molecule has 0 amide bonds. The number of benzene rings is 2. The largest absolute Gasteiger partial charge is 0.508 e. The lowest BCUT2D eigenvalue weighted by Gasteiger charge is -2.40. The van der Waals surface area contributed by atoms with E-state index in [1.807, 2.05) is 12.1 Å². The highest BCUT2D eigenvalue weighted by Gasteiger charge is 2.39. The molecule has 0 saturated carbocycles. The molecule has 0 radical (unpaired) electrons. The van der Waals surface area contributed by atoms with Crippen molar-refractivity contribution in [1.29, 1.82) is 0 Å². The molecular weight excluding hydrogens is 390 g/mol. The van der Waals surface area contributed by atoms with Gasteiger partial charge in [0.25, 0.3) is 0 Å². The van der Waals surface area contributed by atoms with E-state index >= 15 is 0 Å². The molecule has 0 aliphatic rings. The maximum Gasteiger partial charge on any atom is 0.192 e. The summed E-state index contributed by atoms with van der Waals surface area (Å²) in [7, 11) is -2.01. The topological polar surface area (TPSA) is 61.7 Å². The van der Waals surface area contributed by atoms with E-state index in [0.717, 1.165) is 12.0 Å². The van der Waals surface area contributed by atoms with Gasteiger partial charge in [-0.1, -0.05) is 56.7 Å². The van der Waals surface area contributed by atoms with E-state index in [4.69, 9.17) is 4.43 Å². The van der Waals surface area contributed by atoms with Crippen LogP contribution in [0.2, 0.25) is 18.1 Å². The molecule has 0 bridgehead atoms. The quantitative estimate of drug-likeness (QED) is 0.462. The molecule has 166 valence electrons. The Morgan fingerprint density at radius 1 is 1.10 bits per heavy atom. The van der Waals surface area contributed by atoms with Gasteiger partial charge in [-0.25, -0.2) is 0 Å². The van der Waals surface area contributed by atoms with Gasteiger partial charge < -0.3 is 20.0 Å². The zero-order valence-corrected chi connectivity index (χ0v) is 20.6. The van der Waals surface area contributed by atoms with Crippen LogP contribution in [0, 0.1) is 6.92 Å². The van der Waals surface area contributed by atoms with Crippen LogP contribution >= 0.6 is 0 Å². The van der Waals surface area contributed by atoms with Crippen LogP contribution in [-0.2, 0) is 17.5 Å². The minimum atomic E-state index is -2.01. The second-order valence-electron chi connectivity index (χ2n) is 9.92. The van der Waals surface area contributed by atoms with Gasteiger partial charge in [0.05, 0.1) is 12.7 Å². The highest BCUT2D eigenvalue weighted by molar-refractivity contribution is 6.74. The van der Waals surface area contributed by atoms with Crippen LogP contribution in [0.1, 0.15) is 56.1 Å². The summed E-state index contributed by atoms with van der Waals surface area (Å²) in [6, 6.07) is 14.3. The summed E-state index contributed by atoms with van der Waals surface area (Å²) in [5.74, 6) is 0.119. The molecular formula is C25H39NO3Si. The number of hydrogen-bond acceptors (Lipinski definition) is 4. The van der Waals surface area contributed by atoms with Gasteiger partial charge >= 0.3 is 0 Å². The number of aliphatic hydroxyl groups is 1. The van der Waals surface area contributed by atoms with Crippen molar-refractivity contribution in [1.82, 2.24) is 5.32 Å². The van der Waals surface area contributed by atoms with E-state index < -0.39 is 8.32 Å². The van der Waals surface area contributed by atoms with Gasteiger partial charge in [-0.3, -0.25) is 0 Å².